The van der Waals surface area contributed by atoms with E-state index in [1.54, 1.807) is 0 Å². The lowest BCUT2D eigenvalue weighted by Crippen LogP contribution is -2.49. The summed E-state index contributed by atoms with van der Waals surface area (Å²) in [5, 5.41) is 33.3. The predicted molar refractivity (Wildman–Crippen MR) is 74.1 cm³/mol. The second-order valence-electron chi connectivity index (χ2n) is 5.08. The summed E-state index contributed by atoms with van der Waals surface area (Å²) in [5.41, 5.74) is 0.511. The van der Waals surface area contributed by atoms with E-state index in [1.807, 2.05) is 0 Å². The molecule has 2 atom stereocenters. The molecule has 114 valence electrons. The molecule has 1 fully saturated rings. The van der Waals surface area contributed by atoms with Crippen LogP contribution in [0.5, 0.6) is 11.5 Å². The van der Waals surface area contributed by atoms with Gasteiger partial charge in [0.1, 0.15) is 6.04 Å². The van der Waals surface area contributed by atoms with Crippen LogP contribution in [0.15, 0.2) is 18.2 Å². The van der Waals surface area contributed by atoms with Crippen molar-refractivity contribution in [2.45, 2.75) is 31.3 Å². The Hall–Kier alpha value is -2.28. The molecular weight excluding hydrogens is 276 g/mol. The van der Waals surface area contributed by atoms with Crippen LogP contribution in [-0.4, -0.2) is 45.8 Å². The highest BCUT2D eigenvalue weighted by Gasteiger charge is 2.27. The molecule has 0 aliphatic carbocycles. The fourth-order valence-electron chi connectivity index (χ4n) is 2.31. The molecule has 1 saturated heterocycles. The van der Waals surface area contributed by atoms with Gasteiger partial charge in [-0.2, -0.15) is 0 Å². The lowest BCUT2D eigenvalue weighted by atomic mass is 10.0. The smallest absolute Gasteiger partial charge is 0.326 e. The van der Waals surface area contributed by atoms with Gasteiger partial charge in [-0.25, -0.2) is 4.79 Å². The van der Waals surface area contributed by atoms with Gasteiger partial charge < -0.3 is 26.0 Å². The van der Waals surface area contributed by atoms with Crippen LogP contribution in [0.4, 0.5) is 0 Å². The maximum atomic E-state index is 11.9. The van der Waals surface area contributed by atoms with Crippen molar-refractivity contribution in [3.63, 3.8) is 0 Å². The van der Waals surface area contributed by atoms with Crippen LogP contribution in [0, 0.1) is 0 Å². The number of carboxylic acids is 1. The van der Waals surface area contributed by atoms with Gasteiger partial charge in [-0.15, -0.1) is 0 Å². The van der Waals surface area contributed by atoms with Gasteiger partial charge in [-0.05, 0) is 37.1 Å². The molecule has 0 bridgehead atoms. The molecule has 21 heavy (non-hydrogen) atoms. The number of nitrogens with one attached hydrogen (secondary N) is 2. The molecule has 2 rings (SSSR count). The van der Waals surface area contributed by atoms with Gasteiger partial charge in [0.05, 0.1) is 6.04 Å². The summed E-state index contributed by atoms with van der Waals surface area (Å²) in [6.07, 6.45) is 1.61. The van der Waals surface area contributed by atoms with Crippen molar-refractivity contribution in [1.82, 2.24) is 10.6 Å². The molecule has 1 heterocycles. The Balaban J connectivity index is 2.03. The first-order valence-electron chi connectivity index (χ1n) is 6.75. The summed E-state index contributed by atoms with van der Waals surface area (Å²) < 4.78 is 0. The molecule has 7 nitrogen and oxygen atoms in total. The minimum atomic E-state index is -1.14. The first-order chi connectivity index (χ1) is 9.97. The van der Waals surface area contributed by atoms with E-state index >= 15 is 0 Å². The zero-order chi connectivity index (χ0) is 15.4. The van der Waals surface area contributed by atoms with E-state index in [2.05, 4.69) is 10.6 Å². The largest absolute Gasteiger partial charge is 0.504 e. The zero-order valence-electron chi connectivity index (χ0n) is 11.4. The molecule has 0 saturated carbocycles. The standard InChI is InChI=1S/C14H18N2O5/c17-11-4-3-8(7-12(11)18)6-10(14(20)21)16-13(19)9-2-1-5-15-9/h3-4,7,9-10,15,17-18H,1-2,5-6H2,(H,16,19)(H,20,21). The molecule has 0 spiro atoms. The van der Waals surface area contributed by atoms with Crippen LogP contribution in [0.25, 0.3) is 0 Å². The summed E-state index contributed by atoms with van der Waals surface area (Å²) in [6, 6.07) is 2.64. The van der Waals surface area contributed by atoms with E-state index in [4.69, 9.17) is 0 Å². The lowest BCUT2D eigenvalue weighted by Gasteiger charge is -2.17. The number of phenols is 2. The van der Waals surface area contributed by atoms with E-state index < -0.39 is 12.0 Å². The molecule has 1 aromatic carbocycles. The number of aromatic hydroxyl groups is 2. The van der Waals surface area contributed by atoms with Crippen LogP contribution in [0.2, 0.25) is 0 Å². The van der Waals surface area contributed by atoms with Crippen molar-refractivity contribution in [3.05, 3.63) is 23.8 Å². The summed E-state index contributed by atoms with van der Waals surface area (Å²) >= 11 is 0. The SMILES string of the molecule is O=C(O)C(Cc1ccc(O)c(O)c1)NC(=O)C1CCCN1. The Labute approximate surface area is 121 Å². The van der Waals surface area contributed by atoms with Crippen LogP contribution in [-0.2, 0) is 16.0 Å². The Morgan fingerprint density at radius 1 is 1.33 bits per heavy atom. The molecule has 5 N–H and O–H groups in total. The van der Waals surface area contributed by atoms with Crippen LogP contribution < -0.4 is 10.6 Å². The highest BCUT2D eigenvalue weighted by atomic mass is 16.4. The van der Waals surface area contributed by atoms with Crippen LogP contribution in [0.1, 0.15) is 18.4 Å². The van der Waals surface area contributed by atoms with Crippen molar-refractivity contribution in [1.29, 1.82) is 0 Å². The molecule has 0 aromatic heterocycles. The highest BCUT2D eigenvalue weighted by Crippen LogP contribution is 2.25. The Bertz CT molecular complexity index is 540. The molecular formula is C14H18N2O5. The number of aliphatic carboxylic acids is 1. The van der Waals surface area contributed by atoms with E-state index in [1.165, 1.54) is 18.2 Å². The third kappa shape index (κ3) is 3.85. The fourth-order valence-corrected chi connectivity index (χ4v) is 2.31. The lowest BCUT2D eigenvalue weighted by molar-refractivity contribution is -0.142. The summed E-state index contributed by atoms with van der Waals surface area (Å²) in [7, 11) is 0. The van der Waals surface area contributed by atoms with Gasteiger partial charge in [-0.3, -0.25) is 4.79 Å². The number of hydrogen-bond acceptors (Lipinski definition) is 5. The number of hydrogen-bond donors (Lipinski definition) is 5. The fraction of sp³-hybridized carbons (Fsp3) is 0.429. The van der Waals surface area contributed by atoms with E-state index in [-0.39, 0.29) is 29.9 Å². The van der Waals surface area contributed by atoms with E-state index in [0.29, 0.717) is 12.0 Å². The number of carbonyl (C=O) groups excluding carboxylic acids is 1. The first-order valence-corrected chi connectivity index (χ1v) is 6.75. The van der Waals surface area contributed by atoms with Crippen molar-refractivity contribution in [3.8, 4) is 11.5 Å². The summed E-state index contributed by atoms with van der Waals surface area (Å²) in [5.74, 6) is -2.07. The average Bonchev–Trinajstić information content (AvgIpc) is 2.96. The van der Waals surface area contributed by atoms with Gasteiger partial charge in [-0.1, -0.05) is 6.07 Å². The van der Waals surface area contributed by atoms with Crippen molar-refractivity contribution >= 4 is 11.9 Å². The van der Waals surface area contributed by atoms with Crippen molar-refractivity contribution in [2.24, 2.45) is 0 Å². The van der Waals surface area contributed by atoms with E-state index in [9.17, 15) is 24.9 Å². The number of carboxylic acid groups (broad SMARTS) is 1. The second kappa shape index (κ2) is 6.45. The Morgan fingerprint density at radius 2 is 2.10 bits per heavy atom. The Kier molecular flexibility index (Phi) is 4.64. The maximum absolute atomic E-state index is 11.9. The van der Waals surface area contributed by atoms with Crippen LogP contribution in [0.3, 0.4) is 0 Å². The van der Waals surface area contributed by atoms with Gasteiger partial charge in [0.25, 0.3) is 0 Å². The highest BCUT2D eigenvalue weighted by molar-refractivity contribution is 5.87. The number of carbonyl (C=O) groups is 2. The van der Waals surface area contributed by atoms with Gasteiger partial charge in [0, 0.05) is 6.42 Å². The molecule has 1 amide bonds. The maximum Gasteiger partial charge on any atom is 0.326 e. The molecule has 1 aliphatic heterocycles. The summed E-state index contributed by atoms with van der Waals surface area (Å²) in [4.78, 5) is 23.2. The third-order valence-electron chi connectivity index (χ3n) is 3.47. The quantitative estimate of drug-likeness (QED) is 0.486. The molecule has 2 unspecified atom stereocenters. The monoisotopic (exact) mass is 294 g/mol. The van der Waals surface area contributed by atoms with Gasteiger partial charge >= 0.3 is 5.97 Å². The predicted octanol–water partition coefficient (Wildman–Crippen LogP) is -0.0383. The second-order valence-corrected chi connectivity index (χ2v) is 5.08. The minimum absolute atomic E-state index is 0.0294. The molecule has 7 heteroatoms. The van der Waals surface area contributed by atoms with Gasteiger partial charge in [0.2, 0.25) is 5.91 Å². The van der Waals surface area contributed by atoms with Crippen LogP contribution >= 0.6 is 0 Å². The number of phenolic OH excluding ortho intramolecular Hbond substituents is 2. The molecule has 1 aromatic rings. The van der Waals surface area contributed by atoms with Crippen molar-refractivity contribution in [2.75, 3.05) is 6.54 Å². The number of benzene rings is 1. The van der Waals surface area contributed by atoms with Gasteiger partial charge in [0.15, 0.2) is 11.5 Å². The average molecular weight is 294 g/mol. The van der Waals surface area contributed by atoms with Crippen molar-refractivity contribution < 1.29 is 24.9 Å². The molecule has 0 radical (unpaired) electrons. The number of amides is 1. The normalized spacial score (nSPS) is 19.1. The third-order valence-corrected chi connectivity index (χ3v) is 3.47. The Morgan fingerprint density at radius 3 is 2.67 bits per heavy atom. The number of rotatable bonds is 5. The molecule has 1 aliphatic rings. The summed E-state index contributed by atoms with van der Waals surface area (Å²) in [6.45, 7) is 0.752. The zero-order valence-corrected chi connectivity index (χ0v) is 11.4. The van der Waals surface area contributed by atoms with E-state index in [0.717, 1.165) is 13.0 Å². The minimum Gasteiger partial charge on any atom is -0.504 e. The topological polar surface area (TPSA) is 119 Å². The first kappa shape index (κ1) is 15.1.